The van der Waals surface area contributed by atoms with E-state index in [0.29, 0.717) is 25.7 Å². The van der Waals surface area contributed by atoms with Gasteiger partial charge in [-0.1, -0.05) is 46.8 Å². The van der Waals surface area contributed by atoms with Crippen LogP contribution in [0, 0.1) is 38.9 Å². The molecule has 6 N–H and O–H groups in total. The fraction of sp³-hybridized carbons (Fsp3) is 0.878. The predicted octanol–water partition coefficient (Wildman–Crippen LogP) is 3.03. The Morgan fingerprint density at radius 2 is 1.49 bits per heavy atom. The van der Waals surface area contributed by atoms with Crippen molar-refractivity contribution in [2.24, 2.45) is 38.9 Å². The number of hydrogen-bond donors (Lipinski definition) is 6. The molecule has 9 rings (SSSR count). The molecule has 7 fully saturated rings. The Kier molecular flexibility index (Phi) is 8.73. The topological polar surface area (TPSA) is 185 Å². The number of esters is 1. The second-order valence-electron chi connectivity index (χ2n) is 19.8. The summed E-state index contributed by atoms with van der Waals surface area (Å²) in [6, 6.07) is 0. The molecule has 0 radical (unpaired) electrons. The lowest BCUT2D eigenvalue weighted by Crippen LogP contribution is -2.71. The van der Waals surface area contributed by atoms with Gasteiger partial charge in [0.1, 0.15) is 47.8 Å². The Hall–Kier alpha value is -1.45. The van der Waals surface area contributed by atoms with Crippen LogP contribution >= 0.6 is 0 Å². The summed E-state index contributed by atoms with van der Waals surface area (Å²) in [5, 5.41) is 65.1. The summed E-state index contributed by atoms with van der Waals surface area (Å²) in [5.41, 5.74) is -1.74. The largest absolute Gasteiger partial charge is 0.455 e. The second kappa shape index (κ2) is 12.0. The van der Waals surface area contributed by atoms with Crippen molar-refractivity contribution in [1.29, 1.82) is 0 Å². The van der Waals surface area contributed by atoms with E-state index in [1.54, 1.807) is 6.92 Å². The van der Waals surface area contributed by atoms with Crippen LogP contribution in [-0.4, -0.2) is 116 Å². The molecule has 0 aromatic rings. The van der Waals surface area contributed by atoms with Crippen LogP contribution in [0.5, 0.6) is 0 Å². The van der Waals surface area contributed by atoms with E-state index in [1.807, 2.05) is 13.8 Å². The third kappa shape index (κ3) is 4.92. The van der Waals surface area contributed by atoms with Crippen molar-refractivity contribution in [3.63, 3.8) is 0 Å². The molecule has 3 saturated carbocycles. The first kappa shape index (κ1) is 38.4. The highest BCUT2D eigenvalue weighted by molar-refractivity contribution is 5.86. The lowest BCUT2D eigenvalue weighted by atomic mass is 9.35. The first-order valence-corrected chi connectivity index (χ1v) is 20.0. The molecule has 5 aliphatic carbocycles. The van der Waals surface area contributed by atoms with E-state index < -0.39 is 71.9 Å². The minimum absolute atomic E-state index is 0.0909. The number of carbonyl (C=O) groups is 1. The van der Waals surface area contributed by atoms with E-state index in [4.69, 9.17) is 23.7 Å². The molecule has 12 heteroatoms. The Morgan fingerprint density at radius 1 is 0.792 bits per heavy atom. The van der Waals surface area contributed by atoms with Gasteiger partial charge in [0.2, 0.25) is 0 Å². The summed E-state index contributed by atoms with van der Waals surface area (Å²) in [6.45, 7) is 16.9. The molecule has 12 nitrogen and oxygen atoms in total. The van der Waals surface area contributed by atoms with Crippen LogP contribution in [0.1, 0.15) is 107 Å². The molecule has 0 aromatic heterocycles. The number of carbonyl (C=O) groups excluding carboxylic acids is 1. The van der Waals surface area contributed by atoms with Crippen molar-refractivity contribution in [3.05, 3.63) is 23.3 Å². The van der Waals surface area contributed by atoms with E-state index in [9.17, 15) is 35.4 Å². The fourth-order valence-electron chi connectivity index (χ4n) is 13.2. The molecule has 0 aromatic carbocycles. The van der Waals surface area contributed by atoms with Crippen LogP contribution < -0.4 is 0 Å². The van der Waals surface area contributed by atoms with E-state index in [1.165, 1.54) is 0 Å². The number of ether oxygens (including phenoxy) is 5. The Bertz CT molecular complexity index is 1570. The van der Waals surface area contributed by atoms with Gasteiger partial charge < -0.3 is 54.3 Å². The van der Waals surface area contributed by atoms with Crippen LogP contribution in [0.15, 0.2) is 23.3 Å². The zero-order valence-electron chi connectivity index (χ0n) is 32.6. The molecule has 2 bridgehead atoms. The average molecular weight is 747 g/mol. The van der Waals surface area contributed by atoms with Crippen LogP contribution in [-0.2, 0) is 28.5 Å². The third-order valence-corrected chi connectivity index (χ3v) is 17.0. The SMILES string of the molecule is C[C@@H]1O[C@@H](O[C@H]2[C@H](O[C@H]3CC[C@]4(C)[C@H]5C=CC6=C7[C@]8(CC[C@](C)(OC8=O)[C@@]7(C)O)CC[C@@]6(C)[C@]5(C)CC[C@H]4C3(C)C)OC[C@H](O)[C@@H]2O)[C@H](O)[C@H](O)[C@H]1O. The van der Waals surface area contributed by atoms with Crippen molar-refractivity contribution >= 4 is 5.97 Å². The molecule has 9 aliphatic rings. The van der Waals surface area contributed by atoms with E-state index in [-0.39, 0.29) is 52.2 Å². The number of aliphatic hydroxyl groups is 6. The quantitative estimate of drug-likeness (QED) is 0.183. The Morgan fingerprint density at radius 3 is 2.19 bits per heavy atom. The van der Waals surface area contributed by atoms with Gasteiger partial charge in [-0.25, -0.2) is 0 Å². The molecule has 4 heterocycles. The highest BCUT2D eigenvalue weighted by Gasteiger charge is 2.73. The summed E-state index contributed by atoms with van der Waals surface area (Å²) >= 11 is 0. The van der Waals surface area contributed by atoms with E-state index >= 15 is 0 Å². The Labute approximate surface area is 312 Å². The molecule has 298 valence electrons. The fourth-order valence-corrected chi connectivity index (χ4v) is 13.2. The van der Waals surface area contributed by atoms with Gasteiger partial charge >= 0.3 is 5.97 Å². The number of aliphatic hydroxyl groups excluding tert-OH is 5. The highest BCUT2D eigenvalue weighted by atomic mass is 16.8. The van der Waals surface area contributed by atoms with Gasteiger partial charge in [0.25, 0.3) is 0 Å². The standard InChI is InChI=1S/C41H62O12/c1-20-26(43)28(45)29(46)32(50-20)52-30-27(44)22(42)19-49-33(30)51-25-12-13-36(4)23(35(25,2)3)11-14-38(6)24(36)10-9-21-31-40(8,48)39(7)16-18-41(31,34(47)53-39)17-15-37(21,38)5/h9-10,20,22-30,32-33,42-46,48H,11-19H2,1-8H3/t20-,22-,23-,24+,25-,26-,27-,28+,29+,30+,32-,33-,36-,37+,38+,39-,40-,41+/m0/s1. The first-order chi connectivity index (χ1) is 24.6. The minimum Gasteiger partial charge on any atom is -0.455 e. The van der Waals surface area contributed by atoms with E-state index in [0.717, 1.165) is 36.8 Å². The monoisotopic (exact) mass is 746 g/mol. The second-order valence-corrected chi connectivity index (χ2v) is 19.8. The summed E-state index contributed by atoms with van der Waals surface area (Å²) in [5.74, 6) is 0.313. The van der Waals surface area contributed by atoms with Crippen LogP contribution in [0.4, 0.5) is 0 Å². The summed E-state index contributed by atoms with van der Waals surface area (Å²) in [4.78, 5) is 13.7. The van der Waals surface area contributed by atoms with Gasteiger partial charge in [0, 0.05) is 0 Å². The molecule has 18 atom stereocenters. The Balaban J connectivity index is 1.08. The van der Waals surface area contributed by atoms with Crippen LogP contribution in [0.25, 0.3) is 0 Å². The molecule has 4 aliphatic heterocycles. The molecule has 1 spiro atoms. The summed E-state index contributed by atoms with van der Waals surface area (Å²) in [7, 11) is 0. The molecular weight excluding hydrogens is 684 g/mol. The highest BCUT2D eigenvalue weighted by Crippen LogP contribution is 2.75. The maximum absolute atomic E-state index is 13.7. The smallest absolute Gasteiger partial charge is 0.317 e. The molecule has 0 unspecified atom stereocenters. The van der Waals surface area contributed by atoms with Crippen molar-refractivity contribution in [1.82, 2.24) is 0 Å². The van der Waals surface area contributed by atoms with Crippen molar-refractivity contribution in [3.8, 4) is 0 Å². The molecule has 0 amide bonds. The summed E-state index contributed by atoms with van der Waals surface area (Å²) < 4.78 is 30.4. The molecule has 4 saturated heterocycles. The summed E-state index contributed by atoms with van der Waals surface area (Å²) in [6.07, 6.45) is -0.901. The zero-order valence-corrected chi connectivity index (χ0v) is 32.6. The maximum Gasteiger partial charge on any atom is 0.317 e. The van der Waals surface area contributed by atoms with Gasteiger partial charge in [-0.05, 0) is 117 Å². The van der Waals surface area contributed by atoms with Gasteiger partial charge in [0.05, 0.1) is 24.2 Å². The van der Waals surface area contributed by atoms with Gasteiger partial charge in [-0.2, -0.15) is 0 Å². The van der Waals surface area contributed by atoms with Crippen LogP contribution in [0.2, 0.25) is 0 Å². The normalized spacial score (nSPS) is 57.2. The van der Waals surface area contributed by atoms with Gasteiger partial charge in [-0.3, -0.25) is 4.79 Å². The number of allylic oxidation sites excluding steroid dienone is 3. The van der Waals surface area contributed by atoms with Crippen LogP contribution in [0.3, 0.4) is 0 Å². The third-order valence-electron chi connectivity index (χ3n) is 17.0. The van der Waals surface area contributed by atoms with E-state index in [2.05, 4.69) is 46.8 Å². The van der Waals surface area contributed by atoms with Crippen molar-refractivity contribution in [2.75, 3.05) is 6.61 Å². The molecule has 53 heavy (non-hydrogen) atoms. The number of rotatable bonds is 4. The minimum atomic E-state index is -1.59. The first-order valence-electron chi connectivity index (χ1n) is 20.0. The van der Waals surface area contributed by atoms with Gasteiger partial charge in [0.15, 0.2) is 12.6 Å². The average Bonchev–Trinajstić information content (AvgIpc) is 3.08. The zero-order chi connectivity index (χ0) is 38.5. The maximum atomic E-state index is 13.7. The van der Waals surface area contributed by atoms with Gasteiger partial charge in [-0.15, -0.1) is 0 Å². The molecular formula is C41H62O12. The van der Waals surface area contributed by atoms with Crippen molar-refractivity contribution < 1.29 is 59.1 Å². The lowest BCUT2D eigenvalue weighted by molar-refractivity contribution is -0.364. The predicted molar refractivity (Wildman–Crippen MR) is 190 cm³/mol. The number of fused-ring (bicyclic) bond motifs is 7. The number of hydrogen-bond acceptors (Lipinski definition) is 12. The van der Waals surface area contributed by atoms with Crippen molar-refractivity contribution in [2.45, 2.75) is 179 Å². The lowest BCUT2D eigenvalue weighted by Gasteiger charge is -2.71.